The van der Waals surface area contributed by atoms with E-state index in [1.54, 1.807) is 29.2 Å². The summed E-state index contributed by atoms with van der Waals surface area (Å²) in [4.78, 5) is 14.5. The Morgan fingerprint density at radius 1 is 1.22 bits per heavy atom. The number of benzene rings is 2. The van der Waals surface area contributed by atoms with E-state index < -0.39 is 16.1 Å². The molecule has 0 spiro atoms. The minimum Gasteiger partial charge on any atom is -0.368 e. The van der Waals surface area contributed by atoms with Crippen LogP contribution < -0.4 is 9.62 Å². The maximum atomic E-state index is 12.7. The van der Waals surface area contributed by atoms with Gasteiger partial charge in [0, 0.05) is 23.9 Å². The molecular formula is C19H19ClN2O4S. The zero-order valence-corrected chi connectivity index (χ0v) is 16.1. The van der Waals surface area contributed by atoms with E-state index >= 15 is 0 Å². The van der Waals surface area contributed by atoms with Gasteiger partial charge < -0.3 is 9.64 Å². The van der Waals surface area contributed by atoms with E-state index in [0.717, 1.165) is 30.5 Å². The third kappa shape index (κ3) is 3.67. The van der Waals surface area contributed by atoms with Crippen molar-refractivity contribution in [1.82, 2.24) is 0 Å². The number of ether oxygens (including phenoxy) is 1. The highest BCUT2D eigenvalue weighted by atomic mass is 35.5. The maximum Gasteiger partial charge on any atom is 0.261 e. The van der Waals surface area contributed by atoms with Gasteiger partial charge in [0.15, 0.2) is 0 Å². The monoisotopic (exact) mass is 406 g/mol. The van der Waals surface area contributed by atoms with Crippen molar-refractivity contribution in [3.05, 3.63) is 53.1 Å². The number of hydrogen-bond donors (Lipinski definition) is 1. The van der Waals surface area contributed by atoms with Crippen LogP contribution in [0.2, 0.25) is 5.02 Å². The van der Waals surface area contributed by atoms with Gasteiger partial charge >= 0.3 is 0 Å². The van der Waals surface area contributed by atoms with E-state index in [0.29, 0.717) is 23.9 Å². The van der Waals surface area contributed by atoms with Gasteiger partial charge in [0.25, 0.3) is 15.9 Å². The van der Waals surface area contributed by atoms with Gasteiger partial charge in [-0.25, -0.2) is 8.42 Å². The molecule has 0 saturated carbocycles. The number of halogens is 1. The minimum absolute atomic E-state index is 0.0545. The molecule has 1 N–H and O–H groups in total. The molecule has 2 aliphatic rings. The summed E-state index contributed by atoms with van der Waals surface area (Å²) in [6, 6.07) is 11.3. The summed E-state index contributed by atoms with van der Waals surface area (Å²) >= 11 is 5.90. The fourth-order valence-electron chi connectivity index (χ4n) is 3.47. The molecule has 27 heavy (non-hydrogen) atoms. The molecule has 0 bridgehead atoms. The number of hydrogen-bond acceptors (Lipinski definition) is 4. The van der Waals surface area contributed by atoms with Crippen molar-refractivity contribution in [2.75, 3.05) is 22.8 Å². The second-order valence-corrected chi connectivity index (χ2v) is 8.77. The number of nitrogens with zero attached hydrogens (tertiary/aromatic N) is 1. The summed E-state index contributed by atoms with van der Waals surface area (Å²) in [6.07, 6.45) is 1.96. The number of carbonyl (C=O) groups excluding carboxylic acids is 1. The lowest BCUT2D eigenvalue weighted by atomic mass is 10.1. The Kier molecular flexibility index (Phi) is 4.84. The average molecular weight is 407 g/mol. The topological polar surface area (TPSA) is 75.7 Å². The molecule has 2 heterocycles. The maximum absolute atomic E-state index is 12.7. The lowest BCUT2D eigenvalue weighted by Crippen LogP contribution is -2.37. The minimum atomic E-state index is -3.77. The standard InChI is InChI=1S/C19H19ClN2O4S/c20-14-3-1-4-16(11-14)27(24,25)21-15-7-6-13-8-9-22(17(13)12-15)19(23)18-5-2-10-26-18/h1,3-4,6-7,11-12,18,21H,2,5,8-10H2. The SMILES string of the molecule is O=C(C1CCCO1)N1CCc2ccc(NS(=O)(=O)c3cccc(Cl)c3)cc21. The van der Waals surface area contributed by atoms with Gasteiger partial charge in [-0.2, -0.15) is 0 Å². The van der Waals surface area contributed by atoms with E-state index in [1.165, 1.54) is 12.1 Å². The summed E-state index contributed by atoms with van der Waals surface area (Å²) in [5.74, 6) is -0.0545. The summed E-state index contributed by atoms with van der Waals surface area (Å²) < 4.78 is 33.3. The normalized spacial score (nSPS) is 19.1. The molecule has 4 rings (SSSR count). The van der Waals surface area contributed by atoms with Gasteiger partial charge in [0.1, 0.15) is 6.10 Å². The van der Waals surface area contributed by atoms with Crippen LogP contribution in [-0.4, -0.2) is 33.6 Å². The van der Waals surface area contributed by atoms with Gasteiger partial charge in [0.2, 0.25) is 0 Å². The van der Waals surface area contributed by atoms with Crippen LogP contribution in [0, 0.1) is 0 Å². The quantitative estimate of drug-likeness (QED) is 0.845. The van der Waals surface area contributed by atoms with E-state index in [2.05, 4.69) is 4.72 Å². The smallest absolute Gasteiger partial charge is 0.261 e. The number of rotatable bonds is 4. The summed E-state index contributed by atoms with van der Waals surface area (Å²) in [5.41, 5.74) is 2.16. The zero-order chi connectivity index (χ0) is 19.0. The highest BCUT2D eigenvalue weighted by molar-refractivity contribution is 7.92. The molecule has 0 aromatic heterocycles. The van der Waals surface area contributed by atoms with Gasteiger partial charge in [-0.15, -0.1) is 0 Å². The number of carbonyl (C=O) groups is 1. The Bertz CT molecular complexity index is 987. The van der Waals surface area contributed by atoms with E-state index in [1.807, 2.05) is 6.07 Å². The van der Waals surface area contributed by atoms with Crippen molar-refractivity contribution in [3.63, 3.8) is 0 Å². The van der Waals surface area contributed by atoms with Crippen molar-refractivity contribution in [1.29, 1.82) is 0 Å². The highest BCUT2D eigenvalue weighted by Gasteiger charge is 2.33. The van der Waals surface area contributed by atoms with E-state index in [-0.39, 0.29) is 10.8 Å². The first kappa shape index (κ1) is 18.3. The molecule has 1 amide bonds. The summed E-state index contributed by atoms with van der Waals surface area (Å²) in [5, 5.41) is 0.347. The molecule has 1 fully saturated rings. The van der Waals surface area contributed by atoms with Crippen molar-refractivity contribution in [2.24, 2.45) is 0 Å². The number of fused-ring (bicyclic) bond motifs is 1. The molecule has 0 aliphatic carbocycles. The third-order valence-electron chi connectivity index (χ3n) is 4.81. The molecule has 2 aliphatic heterocycles. The van der Waals surface area contributed by atoms with Gasteiger partial charge in [-0.3, -0.25) is 9.52 Å². The molecule has 6 nitrogen and oxygen atoms in total. The molecule has 142 valence electrons. The van der Waals surface area contributed by atoms with E-state index in [4.69, 9.17) is 16.3 Å². The molecule has 0 radical (unpaired) electrons. The lowest BCUT2D eigenvalue weighted by Gasteiger charge is -2.21. The number of anilines is 2. The largest absolute Gasteiger partial charge is 0.368 e. The molecule has 2 aromatic rings. The Morgan fingerprint density at radius 3 is 2.81 bits per heavy atom. The lowest BCUT2D eigenvalue weighted by molar-refractivity contribution is -0.127. The fraction of sp³-hybridized carbons (Fsp3) is 0.316. The van der Waals surface area contributed by atoms with E-state index in [9.17, 15) is 13.2 Å². The van der Waals surface area contributed by atoms with Crippen LogP contribution in [0.3, 0.4) is 0 Å². The van der Waals surface area contributed by atoms with Crippen LogP contribution >= 0.6 is 11.6 Å². The molecular weight excluding hydrogens is 388 g/mol. The first-order valence-electron chi connectivity index (χ1n) is 8.78. The Balaban J connectivity index is 1.59. The first-order valence-corrected chi connectivity index (χ1v) is 10.6. The van der Waals surface area contributed by atoms with Crippen molar-refractivity contribution in [3.8, 4) is 0 Å². The number of amides is 1. The average Bonchev–Trinajstić information content (AvgIpc) is 3.30. The molecule has 1 saturated heterocycles. The number of nitrogens with one attached hydrogen (secondary N) is 1. The second kappa shape index (κ2) is 7.14. The van der Waals surface area contributed by atoms with Crippen LogP contribution in [0.15, 0.2) is 47.4 Å². The van der Waals surface area contributed by atoms with Crippen LogP contribution in [0.4, 0.5) is 11.4 Å². The Morgan fingerprint density at radius 2 is 2.07 bits per heavy atom. The van der Waals surface area contributed by atoms with Crippen LogP contribution in [0.1, 0.15) is 18.4 Å². The van der Waals surface area contributed by atoms with Crippen LogP contribution in [0.25, 0.3) is 0 Å². The van der Waals surface area contributed by atoms with Gasteiger partial charge in [-0.1, -0.05) is 23.7 Å². The van der Waals surface area contributed by atoms with Crippen LogP contribution in [-0.2, 0) is 26.0 Å². The molecule has 8 heteroatoms. The predicted molar refractivity (Wildman–Crippen MR) is 104 cm³/mol. The fourth-order valence-corrected chi connectivity index (χ4v) is 4.82. The first-order chi connectivity index (χ1) is 12.9. The second-order valence-electron chi connectivity index (χ2n) is 6.65. The summed E-state index contributed by atoms with van der Waals surface area (Å²) in [6.45, 7) is 1.19. The zero-order valence-electron chi connectivity index (χ0n) is 14.5. The van der Waals surface area contributed by atoms with Crippen molar-refractivity contribution in [2.45, 2.75) is 30.3 Å². The Hall–Kier alpha value is -2.09. The van der Waals surface area contributed by atoms with Crippen molar-refractivity contribution < 1.29 is 17.9 Å². The third-order valence-corrected chi connectivity index (χ3v) is 6.42. The van der Waals surface area contributed by atoms with Gasteiger partial charge in [-0.05, 0) is 55.2 Å². The Labute approximate surface area is 163 Å². The molecule has 1 atom stereocenters. The molecule has 2 aromatic carbocycles. The predicted octanol–water partition coefficient (Wildman–Crippen LogP) is 3.21. The van der Waals surface area contributed by atoms with Crippen LogP contribution in [0.5, 0.6) is 0 Å². The highest BCUT2D eigenvalue weighted by Crippen LogP contribution is 2.33. The van der Waals surface area contributed by atoms with Gasteiger partial charge in [0.05, 0.1) is 10.6 Å². The van der Waals surface area contributed by atoms with Crippen molar-refractivity contribution >= 4 is 38.9 Å². The summed E-state index contributed by atoms with van der Waals surface area (Å²) in [7, 11) is -3.77. The number of sulfonamides is 1. The molecule has 1 unspecified atom stereocenters.